The van der Waals surface area contributed by atoms with E-state index in [-0.39, 0.29) is 5.75 Å². The van der Waals surface area contributed by atoms with Gasteiger partial charge in [0.25, 0.3) is 0 Å². The average molecular weight is 452 g/mol. The zero-order valence-corrected chi connectivity index (χ0v) is 19.3. The molecule has 0 radical (unpaired) electrons. The monoisotopic (exact) mass is 451 g/mol. The van der Waals surface area contributed by atoms with Gasteiger partial charge >= 0.3 is 0 Å². The minimum atomic E-state index is -3.50. The summed E-state index contributed by atoms with van der Waals surface area (Å²) in [5, 5.41) is 3.23. The summed E-state index contributed by atoms with van der Waals surface area (Å²) in [4.78, 5) is 11.5. The van der Waals surface area contributed by atoms with Crippen molar-refractivity contribution in [1.29, 1.82) is 0 Å². The van der Waals surface area contributed by atoms with Crippen LogP contribution < -0.4 is 14.9 Å². The first-order valence-electron chi connectivity index (χ1n) is 10.9. The molecule has 2 N–H and O–H groups in total. The molecule has 1 aromatic heterocycles. The smallest absolute Gasteiger partial charge is 0.236 e. The fourth-order valence-corrected chi connectivity index (χ4v) is 5.07. The fraction of sp³-hybridized carbons (Fsp3) is 0.333. The Labute approximate surface area is 190 Å². The Kier molecular flexibility index (Phi) is 6.60. The molecule has 2 heterocycles. The predicted octanol–water partition coefficient (Wildman–Crippen LogP) is 4.77. The standard InChI is InChI=1S/C24H29N5O2S/c1-18-7-6-8-20(15-18)17-32(30,31)28-22-11-9-21(10-12-22)26-24-25-19(2)16-23(27-24)29-13-4-3-5-14-29/h6-12,15-16,28H,3-5,13-14,17H2,1-2H3,(H,25,26,27). The van der Waals surface area contributed by atoms with Crippen molar-refractivity contribution >= 4 is 33.2 Å². The second kappa shape index (κ2) is 9.56. The quantitative estimate of drug-likeness (QED) is 0.538. The van der Waals surface area contributed by atoms with Crippen molar-refractivity contribution in [2.75, 3.05) is 28.0 Å². The molecular formula is C24H29N5O2S. The number of rotatable bonds is 7. The number of nitrogens with zero attached hydrogens (tertiary/aromatic N) is 3. The molecule has 1 fully saturated rings. The molecule has 3 aromatic rings. The van der Waals surface area contributed by atoms with E-state index in [1.165, 1.54) is 19.3 Å². The molecular weight excluding hydrogens is 422 g/mol. The predicted molar refractivity (Wildman–Crippen MR) is 130 cm³/mol. The Morgan fingerprint density at radius 1 is 0.906 bits per heavy atom. The Hall–Kier alpha value is -3.13. The summed E-state index contributed by atoms with van der Waals surface area (Å²) in [5.41, 5.74) is 4.01. The van der Waals surface area contributed by atoms with Crippen LogP contribution in [-0.4, -0.2) is 31.5 Å². The lowest BCUT2D eigenvalue weighted by Gasteiger charge is -2.28. The van der Waals surface area contributed by atoms with E-state index >= 15 is 0 Å². The van der Waals surface area contributed by atoms with Gasteiger partial charge in [-0.25, -0.2) is 13.4 Å². The first-order chi connectivity index (χ1) is 15.4. The maximum absolute atomic E-state index is 12.5. The van der Waals surface area contributed by atoms with Crippen LogP contribution >= 0.6 is 0 Å². The molecule has 0 spiro atoms. The maximum atomic E-state index is 12.5. The molecule has 4 rings (SSSR count). The van der Waals surface area contributed by atoms with E-state index in [4.69, 9.17) is 0 Å². The van der Waals surface area contributed by atoms with Gasteiger partial charge in [-0.2, -0.15) is 4.98 Å². The van der Waals surface area contributed by atoms with E-state index in [2.05, 4.69) is 24.9 Å². The Morgan fingerprint density at radius 3 is 2.34 bits per heavy atom. The van der Waals surface area contributed by atoms with Gasteiger partial charge in [0.05, 0.1) is 5.75 Å². The third-order valence-corrected chi connectivity index (χ3v) is 6.63. The van der Waals surface area contributed by atoms with Crippen LogP contribution in [0.4, 0.5) is 23.1 Å². The molecule has 0 bridgehead atoms. The average Bonchev–Trinajstić information content (AvgIpc) is 2.75. The topological polar surface area (TPSA) is 87.2 Å². The number of anilines is 4. The zero-order valence-electron chi connectivity index (χ0n) is 18.5. The highest BCUT2D eigenvalue weighted by Crippen LogP contribution is 2.23. The van der Waals surface area contributed by atoms with E-state index in [0.717, 1.165) is 41.4 Å². The lowest BCUT2D eigenvalue weighted by atomic mass is 10.1. The van der Waals surface area contributed by atoms with Crippen LogP contribution in [0.1, 0.15) is 36.1 Å². The highest BCUT2D eigenvalue weighted by atomic mass is 32.2. The minimum absolute atomic E-state index is 0.0644. The third kappa shape index (κ3) is 5.97. The highest BCUT2D eigenvalue weighted by molar-refractivity contribution is 7.91. The van der Waals surface area contributed by atoms with Gasteiger partial charge < -0.3 is 10.2 Å². The van der Waals surface area contributed by atoms with Crippen LogP contribution in [-0.2, 0) is 15.8 Å². The molecule has 0 saturated carbocycles. The molecule has 0 aliphatic carbocycles. The van der Waals surface area contributed by atoms with Crippen molar-refractivity contribution < 1.29 is 8.42 Å². The number of aromatic nitrogens is 2. The number of sulfonamides is 1. The van der Waals surface area contributed by atoms with E-state index in [1.54, 1.807) is 12.1 Å². The summed E-state index contributed by atoms with van der Waals surface area (Å²) in [6.07, 6.45) is 3.65. The Balaban J connectivity index is 1.42. The summed E-state index contributed by atoms with van der Waals surface area (Å²) < 4.78 is 27.7. The molecule has 1 aliphatic heterocycles. The van der Waals surface area contributed by atoms with Crippen molar-refractivity contribution in [1.82, 2.24) is 9.97 Å². The molecule has 0 atom stereocenters. The van der Waals surface area contributed by atoms with Crippen molar-refractivity contribution in [2.24, 2.45) is 0 Å². The number of aryl methyl sites for hydroxylation is 2. The summed E-state index contributed by atoms with van der Waals surface area (Å²) in [6, 6.07) is 16.6. The van der Waals surface area contributed by atoms with E-state index in [1.807, 2.05) is 56.3 Å². The summed E-state index contributed by atoms with van der Waals surface area (Å²) in [5.74, 6) is 1.42. The SMILES string of the molecule is Cc1cccc(CS(=O)(=O)Nc2ccc(Nc3nc(C)cc(N4CCCCC4)n3)cc2)c1. The fourth-order valence-electron chi connectivity index (χ4n) is 3.88. The number of benzene rings is 2. The third-order valence-electron chi connectivity index (χ3n) is 5.37. The lowest BCUT2D eigenvalue weighted by Crippen LogP contribution is -2.30. The summed E-state index contributed by atoms with van der Waals surface area (Å²) in [6.45, 7) is 5.95. The van der Waals surface area contributed by atoms with Gasteiger partial charge in [0.1, 0.15) is 5.82 Å². The van der Waals surface area contributed by atoms with E-state index in [0.29, 0.717) is 11.6 Å². The van der Waals surface area contributed by atoms with Crippen LogP contribution in [0.5, 0.6) is 0 Å². The van der Waals surface area contributed by atoms with E-state index in [9.17, 15) is 8.42 Å². The van der Waals surface area contributed by atoms with Crippen LogP contribution in [0.3, 0.4) is 0 Å². The maximum Gasteiger partial charge on any atom is 0.236 e. The summed E-state index contributed by atoms with van der Waals surface area (Å²) >= 11 is 0. The largest absolute Gasteiger partial charge is 0.356 e. The minimum Gasteiger partial charge on any atom is -0.356 e. The van der Waals surface area contributed by atoms with Gasteiger partial charge in [0.2, 0.25) is 16.0 Å². The van der Waals surface area contributed by atoms with Gasteiger partial charge in [-0.3, -0.25) is 4.72 Å². The number of hydrogen-bond donors (Lipinski definition) is 2. The van der Waals surface area contributed by atoms with Crippen LogP contribution in [0.25, 0.3) is 0 Å². The van der Waals surface area contributed by atoms with Crippen molar-refractivity contribution in [3.05, 3.63) is 71.4 Å². The molecule has 168 valence electrons. The van der Waals surface area contributed by atoms with Gasteiger partial charge in [-0.15, -0.1) is 0 Å². The molecule has 2 aromatic carbocycles. The Bertz CT molecular complexity index is 1170. The zero-order chi connectivity index (χ0) is 22.6. The van der Waals surface area contributed by atoms with Crippen molar-refractivity contribution in [3.8, 4) is 0 Å². The van der Waals surface area contributed by atoms with Crippen LogP contribution in [0.2, 0.25) is 0 Å². The van der Waals surface area contributed by atoms with Gasteiger partial charge in [-0.1, -0.05) is 29.8 Å². The number of piperidine rings is 1. The first kappa shape index (κ1) is 22.1. The lowest BCUT2D eigenvalue weighted by molar-refractivity contribution is 0.573. The molecule has 0 amide bonds. The molecule has 1 aliphatic rings. The number of hydrogen-bond acceptors (Lipinski definition) is 6. The first-order valence-corrected chi connectivity index (χ1v) is 12.6. The van der Waals surface area contributed by atoms with Gasteiger partial charge in [0.15, 0.2) is 0 Å². The van der Waals surface area contributed by atoms with Crippen molar-refractivity contribution in [3.63, 3.8) is 0 Å². The second-order valence-corrected chi connectivity index (χ2v) is 10.0. The van der Waals surface area contributed by atoms with Gasteiger partial charge in [0, 0.05) is 36.2 Å². The Morgan fingerprint density at radius 2 is 1.62 bits per heavy atom. The second-order valence-electron chi connectivity index (χ2n) is 8.29. The van der Waals surface area contributed by atoms with Crippen LogP contribution in [0, 0.1) is 13.8 Å². The molecule has 8 heteroatoms. The molecule has 1 saturated heterocycles. The highest BCUT2D eigenvalue weighted by Gasteiger charge is 2.15. The summed E-state index contributed by atoms with van der Waals surface area (Å²) in [7, 11) is -3.50. The normalized spacial score (nSPS) is 14.2. The van der Waals surface area contributed by atoms with Crippen molar-refractivity contribution in [2.45, 2.75) is 38.9 Å². The van der Waals surface area contributed by atoms with Gasteiger partial charge in [-0.05, 0) is 62.9 Å². The van der Waals surface area contributed by atoms with E-state index < -0.39 is 10.0 Å². The molecule has 32 heavy (non-hydrogen) atoms. The molecule has 7 nitrogen and oxygen atoms in total. The van der Waals surface area contributed by atoms with Crippen LogP contribution in [0.15, 0.2) is 54.6 Å². The molecule has 0 unspecified atom stereocenters. The number of nitrogens with one attached hydrogen (secondary N) is 2.